The number of halogens is 1. The zero-order chi connectivity index (χ0) is 20.9. The largest absolute Gasteiger partial charge is 0.456 e. The first-order valence-electron chi connectivity index (χ1n) is 10.3. The van der Waals surface area contributed by atoms with E-state index in [-0.39, 0.29) is 12.1 Å². The first-order valence-corrected chi connectivity index (χ1v) is 11.1. The van der Waals surface area contributed by atoms with E-state index in [1.165, 1.54) is 0 Å². The van der Waals surface area contributed by atoms with Crippen molar-refractivity contribution in [2.75, 3.05) is 16.8 Å². The van der Waals surface area contributed by atoms with Crippen molar-refractivity contribution in [1.29, 1.82) is 0 Å². The molecule has 4 aromatic rings. The van der Waals surface area contributed by atoms with Gasteiger partial charge in [-0.25, -0.2) is 4.99 Å². The Morgan fingerprint density at radius 1 is 0.935 bits per heavy atom. The fourth-order valence-electron chi connectivity index (χ4n) is 4.49. The molecule has 5 heteroatoms. The van der Waals surface area contributed by atoms with Crippen LogP contribution in [0.1, 0.15) is 0 Å². The quantitative estimate of drug-likeness (QED) is 0.336. The van der Waals surface area contributed by atoms with E-state index in [2.05, 4.69) is 93.5 Å². The van der Waals surface area contributed by atoms with Crippen molar-refractivity contribution in [2.24, 2.45) is 4.99 Å². The van der Waals surface area contributed by atoms with E-state index in [4.69, 9.17) is 9.41 Å². The molecule has 0 amide bonds. The lowest BCUT2D eigenvalue weighted by molar-refractivity contribution is 0.669. The molecule has 152 valence electrons. The molecule has 2 heterocycles. The van der Waals surface area contributed by atoms with E-state index < -0.39 is 0 Å². The maximum atomic E-state index is 6.01. The summed E-state index contributed by atoms with van der Waals surface area (Å²) < 4.78 is 7.14. The van der Waals surface area contributed by atoms with Crippen LogP contribution in [-0.4, -0.2) is 25.1 Å². The van der Waals surface area contributed by atoms with Crippen LogP contribution in [0.2, 0.25) is 0 Å². The van der Waals surface area contributed by atoms with Crippen molar-refractivity contribution in [2.45, 2.75) is 12.1 Å². The normalized spacial score (nSPS) is 20.1. The Morgan fingerprint density at radius 3 is 2.58 bits per heavy atom. The van der Waals surface area contributed by atoms with E-state index in [9.17, 15) is 0 Å². The average Bonchev–Trinajstić information content (AvgIpc) is 3.38. The minimum atomic E-state index is 0.0653. The molecule has 6 rings (SSSR count). The molecule has 3 aromatic carbocycles. The Kier molecular flexibility index (Phi) is 4.25. The molecule has 4 nitrogen and oxygen atoms in total. The van der Waals surface area contributed by atoms with E-state index in [0.717, 1.165) is 43.8 Å². The van der Waals surface area contributed by atoms with Crippen LogP contribution in [0, 0.1) is 0 Å². The van der Waals surface area contributed by atoms with Gasteiger partial charge in [0, 0.05) is 33.7 Å². The van der Waals surface area contributed by atoms with Gasteiger partial charge in [0.05, 0.1) is 12.1 Å². The molecule has 1 aliphatic carbocycles. The van der Waals surface area contributed by atoms with Gasteiger partial charge >= 0.3 is 0 Å². The Balaban J connectivity index is 1.46. The van der Waals surface area contributed by atoms with Gasteiger partial charge in [-0.15, -0.1) is 0 Å². The predicted molar refractivity (Wildman–Crippen MR) is 132 cm³/mol. The van der Waals surface area contributed by atoms with Crippen LogP contribution in [0.25, 0.3) is 21.9 Å². The zero-order valence-electron chi connectivity index (χ0n) is 16.9. The Labute approximate surface area is 188 Å². The highest BCUT2D eigenvalue weighted by Gasteiger charge is 2.40. The van der Waals surface area contributed by atoms with Gasteiger partial charge in [-0.2, -0.15) is 0 Å². The fraction of sp³-hybridized carbons (Fsp3) is 0.115. The standard InChI is InChI=1S/C26H20BrN3O/c1-29(18-14-15-24-20(16-18)19-10-5-6-13-23(19)31-24)26-28-22-12-7-11-21(27)25(22)30(26)17-8-3-2-4-9-17/h2-16,22,25H,1H3. The minimum absolute atomic E-state index is 0.0653. The Hall–Kier alpha value is -3.31. The molecule has 2 unspecified atom stereocenters. The van der Waals surface area contributed by atoms with Gasteiger partial charge < -0.3 is 14.2 Å². The molecule has 0 spiro atoms. The number of furan rings is 1. The smallest absolute Gasteiger partial charge is 0.206 e. The van der Waals surface area contributed by atoms with Gasteiger partial charge in [0.15, 0.2) is 0 Å². The topological polar surface area (TPSA) is 32.0 Å². The number of para-hydroxylation sites is 2. The van der Waals surface area contributed by atoms with E-state index >= 15 is 0 Å². The summed E-state index contributed by atoms with van der Waals surface area (Å²) in [4.78, 5) is 9.59. The monoisotopic (exact) mass is 469 g/mol. The van der Waals surface area contributed by atoms with Crippen LogP contribution >= 0.6 is 15.9 Å². The molecule has 0 N–H and O–H groups in total. The fourth-order valence-corrected chi connectivity index (χ4v) is 5.12. The number of hydrogen-bond donors (Lipinski definition) is 0. The van der Waals surface area contributed by atoms with E-state index in [1.807, 2.05) is 30.3 Å². The van der Waals surface area contributed by atoms with Crippen LogP contribution in [0.5, 0.6) is 0 Å². The Bertz CT molecular complexity index is 1390. The second-order valence-corrected chi connectivity index (χ2v) is 8.76. The molecule has 2 aliphatic rings. The summed E-state index contributed by atoms with van der Waals surface area (Å²) in [7, 11) is 2.08. The second-order valence-electron chi connectivity index (χ2n) is 7.84. The number of nitrogens with zero attached hydrogens (tertiary/aromatic N) is 3. The molecular formula is C26H20BrN3O. The number of aliphatic imine (C=N–C) groups is 1. The molecule has 0 radical (unpaired) electrons. The molecule has 1 aromatic heterocycles. The maximum absolute atomic E-state index is 6.01. The summed E-state index contributed by atoms with van der Waals surface area (Å²) >= 11 is 3.78. The maximum Gasteiger partial charge on any atom is 0.206 e. The van der Waals surface area contributed by atoms with Gasteiger partial charge in [0.25, 0.3) is 0 Å². The number of allylic oxidation sites excluding steroid dienone is 2. The SMILES string of the molecule is CN(C1=NC2C=CC=C(Br)C2N1c1ccccc1)c1ccc2oc3ccccc3c2c1. The molecule has 2 atom stereocenters. The van der Waals surface area contributed by atoms with Crippen molar-refractivity contribution in [3.05, 3.63) is 95.5 Å². The van der Waals surface area contributed by atoms with Gasteiger partial charge in [-0.1, -0.05) is 70.6 Å². The third kappa shape index (κ3) is 2.92. The van der Waals surface area contributed by atoms with Crippen molar-refractivity contribution in [1.82, 2.24) is 0 Å². The number of guanidine groups is 1. The van der Waals surface area contributed by atoms with Crippen molar-refractivity contribution in [3.8, 4) is 0 Å². The zero-order valence-corrected chi connectivity index (χ0v) is 18.5. The molecule has 31 heavy (non-hydrogen) atoms. The van der Waals surface area contributed by atoms with Crippen LogP contribution in [0.3, 0.4) is 0 Å². The molecule has 0 bridgehead atoms. The lowest BCUT2D eigenvalue weighted by Gasteiger charge is -2.34. The number of anilines is 2. The average molecular weight is 470 g/mol. The number of hydrogen-bond acceptors (Lipinski definition) is 4. The highest BCUT2D eigenvalue weighted by Crippen LogP contribution is 2.37. The van der Waals surface area contributed by atoms with Crippen LogP contribution in [0.4, 0.5) is 11.4 Å². The van der Waals surface area contributed by atoms with Crippen molar-refractivity contribution >= 4 is 55.2 Å². The molecule has 0 saturated heterocycles. The third-order valence-electron chi connectivity index (χ3n) is 6.01. The first-order chi connectivity index (χ1) is 15.2. The summed E-state index contributed by atoms with van der Waals surface area (Å²) in [6, 6.07) is 25.1. The molecule has 1 aliphatic heterocycles. The molecular weight excluding hydrogens is 450 g/mol. The second kappa shape index (κ2) is 7.13. The van der Waals surface area contributed by atoms with Gasteiger partial charge in [-0.3, -0.25) is 0 Å². The van der Waals surface area contributed by atoms with Crippen LogP contribution in [0.15, 0.2) is 105 Å². The molecule has 0 fully saturated rings. The summed E-state index contributed by atoms with van der Waals surface area (Å²) in [6.45, 7) is 0. The summed E-state index contributed by atoms with van der Waals surface area (Å²) in [5.74, 6) is 0.922. The van der Waals surface area contributed by atoms with Crippen LogP contribution in [-0.2, 0) is 0 Å². The summed E-state index contributed by atoms with van der Waals surface area (Å²) in [6.07, 6.45) is 6.35. The van der Waals surface area contributed by atoms with Crippen molar-refractivity contribution in [3.63, 3.8) is 0 Å². The molecule has 0 saturated carbocycles. The van der Waals surface area contributed by atoms with Crippen LogP contribution < -0.4 is 9.80 Å². The third-order valence-corrected chi connectivity index (χ3v) is 6.74. The minimum Gasteiger partial charge on any atom is -0.456 e. The van der Waals surface area contributed by atoms with Crippen molar-refractivity contribution < 1.29 is 4.42 Å². The lowest BCUT2D eigenvalue weighted by Crippen LogP contribution is -2.46. The number of fused-ring (bicyclic) bond motifs is 4. The first kappa shape index (κ1) is 18.5. The number of rotatable bonds is 2. The summed E-state index contributed by atoms with van der Waals surface area (Å²) in [5, 5.41) is 2.24. The summed E-state index contributed by atoms with van der Waals surface area (Å²) in [5.41, 5.74) is 4.00. The van der Waals surface area contributed by atoms with Gasteiger partial charge in [-0.05, 0) is 36.4 Å². The van der Waals surface area contributed by atoms with Gasteiger partial charge in [0.1, 0.15) is 11.2 Å². The number of benzene rings is 3. The highest BCUT2D eigenvalue weighted by atomic mass is 79.9. The van der Waals surface area contributed by atoms with E-state index in [0.29, 0.717) is 0 Å². The highest BCUT2D eigenvalue weighted by molar-refractivity contribution is 9.11. The Morgan fingerprint density at radius 2 is 1.71 bits per heavy atom. The van der Waals surface area contributed by atoms with E-state index in [1.54, 1.807) is 0 Å². The van der Waals surface area contributed by atoms with Gasteiger partial charge in [0.2, 0.25) is 5.96 Å². The predicted octanol–water partition coefficient (Wildman–Crippen LogP) is 6.48. The lowest BCUT2D eigenvalue weighted by atomic mass is 10.0.